The lowest BCUT2D eigenvalue weighted by Gasteiger charge is -2.08. The Labute approximate surface area is 123 Å². The van der Waals surface area contributed by atoms with Gasteiger partial charge >= 0.3 is 6.03 Å². The minimum Gasteiger partial charge on any atom is -0.337 e. The highest BCUT2D eigenvalue weighted by molar-refractivity contribution is 6.31. The van der Waals surface area contributed by atoms with E-state index in [0.717, 1.165) is 16.1 Å². The van der Waals surface area contributed by atoms with E-state index in [1.807, 2.05) is 43.3 Å². The van der Waals surface area contributed by atoms with Gasteiger partial charge in [-0.3, -0.25) is 5.32 Å². The van der Waals surface area contributed by atoms with E-state index in [0.29, 0.717) is 18.8 Å². The predicted octanol–water partition coefficient (Wildman–Crippen LogP) is 3.41. The maximum absolute atomic E-state index is 11.7. The van der Waals surface area contributed by atoms with Gasteiger partial charge in [-0.05, 0) is 42.7 Å². The molecule has 1 heterocycles. The molecule has 0 unspecified atom stereocenters. The first-order chi connectivity index (χ1) is 9.65. The van der Waals surface area contributed by atoms with Gasteiger partial charge in [-0.25, -0.2) is 9.78 Å². The lowest BCUT2D eigenvalue weighted by molar-refractivity contribution is 0.252. The standard InChI is InChI=1S/C15H16ClN3O/c1-11-6-8-17-14(10-11)19-15(20)18-9-7-12-4-2-3-5-13(12)16/h2-6,8,10H,7,9H2,1H3,(H2,17,18,19,20). The monoisotopic (exact) mass is 289 g/mol. The number of aromatic nitrogens is 1. The average Bonchev–Trinajstić information content (AvgIpc) is 2.41. The van der Waals surface area contributed by atoms with E-state index in [1.54, 1.807) is 6.20 Å². The number of carbonyl (C=O) groups is 1. The van der Waals surface area contributed by atoms with E-state index in [9.17, 15) is 4.79 Å². The second kappa shape index (κ2) is 6.91. The molecular weight excluding hydrogens is 274 g/mol. The molecule has 1 aromatic heterocycles. The molecule has 104 valence electrons. The summed E-state index contributed by atoms with van der Waals surface area (Å²) < 4.78 is 0. The van der Waals surface area contributed by atoms with Gasteiger partial charge in [0.25, 0.3) is 0 Å². The Bertz CT molecular complexity index is 601. The average molecular weight is 290 g/mol. The summed E-state index contributed by atoms with van der Waals surface area (Å²) in [6, 6.07) is 11.0. The van der Waals surface area contributed by atoms with Gasteiger partial charge in [-0.1, -0.05) is 29.8 Å². The maximum atomic E-state index is 11.7. The van der Waals surface area contributed by atoms with Crippen molar-refractivity contribution in [3.05, 3.63) is 58.7 Å². The summed E-state index contributed by atoms with van der Waals surface area (Å²) in [5, 5.41) is 6.18. The quantitative estimate of drug-likeness (QED) is 0.906. The lowest BCUT2D eigenvalue weighted by atomic mass is 10.1. The van der Waals surface area contributed by atoms with Crippen molar-refractivity contribution in [3.63, 3.8) is 0 Å². The highest BCUT2D eigenvalue weighted by Gasteiger charge is 2.03. The molecule has 0 atom stereocenters. The largest absolute Gasteiger partial charge is 0.337 e. The van der Waals surface area contributed by atoms with Gasteiger partial charge in [0, 0.05) is 17.8 Å². The zero-order valence-corrected chi connectivity index (χ0v) is 11.9. The van der Waals surface area contributed by atoms with Crippen LogP contribution >= 0.6 is 11.6 Å². The van der Waals surface area contributed by atoms with Crippen molar-refractivity contribution in [2.75, 3.05) is 11.9 Å². The fraction of sp³-hybridized carbons (Fsp3) is 0.200. The summed E-state index contributed by atoms with van der Waals surface area (Å²) >= 11 is 6.05. The van der Waals surface area contributed by atoms with E-state index in [1.165, 1.54) is 0 Å². The Balaban J connectivity index is 1.80. The van der Waals surface area contributed by atoms with Crippen LogP contribution in [-0.2, 0) is 6.42 Å². The molecule has 5 heteroatoms. The van der Waals surface area contributed by atoms with Crippen LogP contribution in [0.1, 0.15) is 11.1 Å². The SMILES string of the molecule is Cc1ccnc(NC(=O)NCCc2ccccc2Cl)c1. The van der Waals surface area contributed by atoms with Gasteiger partial charge < -0.3 is 5.32 Å². The summed E-state index contributed by atoms with van der Waals surface area (Å²) in [7, 11) is 0. The fourth-order valence-corrected chi connectivity index (χ4v) is 2.01. The molecule has 0 saturated carbocycles. The summed E-state index contributed by atoms with van der Waals surface area (Å²) in [5.74, 6) is 0.542. The van der Waals surface area contributed by atoms with Gasteiger partial charge in [0.15, 0.2) is 0 Å². The Morgan fingerprint density at radius 1 is 1.30 bits per heavy atom. The molecule has 0 fully saturated rings. The van der Waals surface area contributed by atoms with E-state index in [-0.39, 0.29) is 6.03 Å². The Morgan fingerprint density at radius 3 is 2.85 bits per heavy atom. The molecule has 0 saturated heterocycles. The number of halogens is 1. The smallest absolute Gasteiger partial charge is 0.320 e. The van der Waals surface area contributed by atoms with Crippen LogP contribution in [0.3, 0.4) is 0 Å². The lowest BCUT2D eigenvalue weighted by Crippen LogP contribution is -2.30. The number of nitrogens with one attached hydrogen (secondary N) is 2. The van der Waals surface area contributed by atoms with E-state index in [2.05, 4.69) is 15.6 Å². The number of hydrogen-bond acceptors (Lipinski definition) is 2. The number of nitrogens with zero attached hydrogens (tertiary/aromatic N) is 1. The molecule has 2 amide bonds. The topological polar surface area (TPSA) is 54.0 Å². The highest BCUT2D eigenvalue weighted by atomic mass is 35.5. The van der Waals surface area contributed by atoms with E-state index < -0.39 is 0 Å². The third kappa shape index (κ3) is 4.24. The number of urea groups is 1. The molecule has 0 aliphatic rings. The summed E-state index contributed by atoms with van der Waals surface area (Å²) in [6.07, 6.45) is 2.35. The van der Waals surface area contributed by atoms with Crippen molar-refractivity contribution in [1.29, 1.82) is 0 Å². The maximum Gasteiger partial charge on any atom is 0.320 e. The summed E-state index contributed by atoms with van der Waals surface area (Å²) in [4.78, 5) is 15.8. The van der Waals surface area contributed by atoms with Crippen LogP contribution in [0.15, 0.2) is 42.6 Å². The van der Waals surface area contributed by atoms with Crippen LogP contribution in [-0.4, -0.2) is 17.6 Å². The molecular formula is C15H16ClN3O. The van der Waals surface area contributed by atoms with Crippen molar-refractivity contribution >= 4 is 23.4 Å². The van der Waals surface area contributed by atoms with E-state index >= 15 is 0 Å². The molecule has 0 aliphatic carbocycles. The number of carbonyl (C=O) groups excluding carboxylic acids is 1. The van der Waals surface area contributed by atoms with Crippen molar-refractivity contribution in [1.82, 2.24) is 10.3 Å². The minimum atomic E-state index is -0.268. The molecule has 0 aliphatic heterocycles. The van der Waals surface area contributed by atoms with Gasteiger partial charge in [-0.15, -0.1) is 0 Å². The molecule has 20 heavy (non-hydrogen) atoms. The van der Waals surface area contributed by atoms with Gasteiger partial charge in [0.1, 0.15) is 5.82 Å². The van der Waals surface area contributed by atoms with Crippen LogP contribution < -0.4 is 10.6 Å². The first-order valence-corrected chi connectivity index (χ1v) is 6.74. The molecule has 4 nitrogen and oxygen atoms in total. The van der Waals surface area contributed by atoms with Crippen LogP contribution in [0.25, 0.3) is 0 Å². The first kappa shape index (κ1) is 14.3. The molecule has 0 bridgehead atoms. The van der Waals surface area contributed by atoms with E-state index in [4.69, 9.17) is 11.6 Å². The van der Waals surface area contributed by atoms with Crippen LogP contribution in [0.2, 0.25) is 5.02 Å². The van der Waals surface area contributed by atoms with Crippen LogP contribution in [0.4, 0.5) is 10.6 Å². The van der Waals surface area contributed by atoms with Crippen molar-refractivity contribution < 1.29 is 4.79 Å². The van der Waals surface area contributed by atoms with Crippen LogP contribution in [0.5, 0.6) is 0 Å². The number of pyridine rings is 1. The zero-order valence-electron chi connectivity index (χ0n) is 11.2. The number of aryl methyl sites for hydroxylation is 1. The second-order valence-electron chi connectivity index (χ2n) is 4.44. The highest BCUT2D eigenvalue weighted by Crippen LogP contribution is 2.14. The summed E-state index contributed by atoms with van der Waals surface area (Å²) in [5.41, 5.74) is 2.06. The Hall–Kier alpha value is -2.07. The summed E-state index contributed by atoms with van der Waals surface area (Å²) in [6.45, 7) is 2.46. The fourth-order valence-electron chi connectivity index (χ4n) is 1.78. The van der Waals surface area contributed by atoms with Crippen LogP contribution in [0, 0.1) is 6.92 Å². The number of hydrogen-bond donors (Lipinski definition) is 2. The number of rotatable bonds is 4. The molecule has 0 radical (unpaired) electrons. The normalized spacial score (nSPS) is 10.1. The number of amides is 2. The molecule has 2 aromatic rings. The van der Waals surface area contributed by atoms with Gasteiger partial charge in [-0.2, -0.15) is 0 Å². The van der Waals surface area contributed by atoms with Crippen molar-refractivity contribution in [2.24, 2.45) is 0 Å². The zero-order chi connectivity index (χ0) is 14.4. The Morgan fingerprint density at radius 2 is 2.10 bits per heavy atom. The molecule has 2 rings (SSSR count). The number of anilines is 1. The molecule has 0 spiro atoms. The van der Waals surface area contributed by atoms with Gasteiger partial charge in [0.2, 0.25) is 0 Å². The predicted molar refractivity (Wildman–Crippen MR) is 81.2 cm³/mol. The second-order valence-corrected chi connectivity index (χ2v) is 4.85. The number of benzene rings is 1. The first-order valence-electron chi connectivity index (χ1n) is 6.36. The minimum absolute atomic E-state index is 0.268. The van der Waals surface area contributed by atoms with Crippen molar-refractivity contribution in [2.45, 2.75) is 13.3 Å². The Kier molecular flexibility index (Phi) is 4.96. The van der Waals surface area contributed by atoms with Crippen molar-refractivity contribution in [3.8, 4) is 0 Å². The van der Waals surface area contributed by atoms with Gasteiger partial charge in [0.05, 0.1) is 0 Å². The third-order valence-electron chi connectivity index (χ3n) is 2.79. The molecule has 1 aromatic carbocycles. The molecule has 2 N–H and O–H groups in total. The third-order valence-corrected chi connectivity index (χ3v) is 3.16.